The highest BCUT2D eigenvalue weighted by Gasteiger charge is 2.33. The Kier molecular flexibility index (Phi) is 7.27. The van der Waals surface area contributed by atoms with Gasteiger partial charge in [0.2, 0.25) is 0 Å². The average molecular weight is 533 g/mol. The number of anilines is 1. The maximum Gasteiger partial charge on any atom is 0.417 e. The fraction of sp³-hybridized carbons (Fsp3) is 0.130. The number of hydrogen-bond acceptors (Lipinski definition) is 7. The summed E-state index contributed by atoms with van der Waals surface area (Å²) in [4.78, 5) is 41.8. The number of benzene rings is 1. The first kappa shape index (κ1) is 25.2. The molecule has 0 saturated carbocycles. The second-order valence-corrected chi connectivity index (χ2v) is 8.90. The normalized spacial score (nSPS) is 12.1. The zero-order valence-corrected chi connectivity index (χ0v) is 19.9. The summed E-state index contributed by atoms with van der Waals surface area (Å²) in [5.74, 6) is -1.04. The molecule has 4 aromatic rings. The van der Waals surface area contributed by atoms with Gasteiger partial charge >= 0.3 is 6.18 Å². The third-order valence-electron chi connectivity index (χ3n) is 4.87. The van der Waals surface area contributed by atoms with Crippen LogP contribution < -0.4 is 10.6 Å². The van der Waals surface area contributed by atoms with Gasteiger partial charge in [0.15, 0.2) is 0 Å². The van der Waals surface area contributed by atoms with Crippen molar-refractivity contribution in [2.75, 3.05) is 5.32 Å². The first-order valence-electron chi connectivity index (χ1n) is 10.3. The van der Waals surface area contributed by atoms with Gasteiger partial charge in [0.1, 0.15) is 21.9 Å². The van der Waals surface area contributed by atoms with Crippen molar-refractivity contribution >= 4 is 40.4 Å². The molecule has 1 atom stereocenters. The Bertz CT molecular complexity index is 1410. The molecule has 3 aromatic heterocycles. The van der Waals surface area contributed by atoms with Gasteiger partial charge in [0.05, 0.1) is 28.5 Å². The van der Waals surface area contributed by atoms with Crippen LogP contribution in [0.1, 0.15) is 43.7 Å². The molecule has 2 N–H and O–H groups in total. The van der Waals surface area contributed by atoms with Crippen molar-refractivity contribution in [2.24, 2.45) is 0 Å². The number of nitrogens with one attached hydrogen (secondary N) is 2. The Labute approximate surface area is 211 Å². The number of pyridine rings is 1. The molecule has 2 amide bonds. The molecule has 0 fully saturated rings. The van der Waals surface area contributed by atoms with Gasteiger partial charge in [0, 0.05) is 23.6 Å². The van der Waals surface area contributed by atoms with Crippen LogP contribution in [-0.2, 0) is 6.18 Å². The molecule has 0 bridgehead atoms. The minimum absolute atomic E-state index is 0.100. The molecule has 4 rings (SSSR count). The lowest BCUT2D eigenvalue weighted by Crippen LogP contribution is -2.27. The van der Waals surface area contributed by atoms with Gasteiger partial charge < -0.3 is 10.6 Å². The number of carbonyl (C=O) groups excluding carboxylic acids is 2. The van der Waals surface area contributed by atoms with E-state index in [1.54, 1.807) is 37.5 Å². The molecule has 1 unspecified atom stereocenters. The van der Waals surface area contributed by atoms with Crippen molar-refractivity contribution in [1.82, 2.24) is 25.3 Å². The Balaban J connectivity index is 1.41. The molecule has 0 aliphatic rings. The molecule has 0 spiro atoms. The highest BCUT2D eigenvalue weighted by atomic mass is 35.5. The Morgan fingerprint density at radius 2 is 1.78 bits per heavy atom. The summed E-state index contributed by atoms with van der Waals surface area (Å²) in [7, 11) is 0. The van der Waals surface area contributed by atoms with Crippen molar-refractivity contribution in [3.8, 4) is 11.3 Å². The molecular formula is C23H16ClF3N6O2S. The van der Waals surface area contributed by atoms with Crippen LogP contribution >= 0.6 is 22.9 Å². The van der Waals surface area contributed by atoms with Crippen molar-refractivity contribution in [3.63, 3.8) is 0 Å². The third kappa shape index (κ3) is 5.83. The van der Waals surface area contributed by atoms with Gasteiger partial charge in [-0.25, -0.2) is 15.0 Å². The van der Waals surface area contributed by atoms with Gasteiger partial charge in [-0.2, -0.15) is 13.2 Å². The van der Waals surface area contributed by atoms with Crippen LogP contribution in [0.4, 0.5) is 18.9 Å². The number of thiazole rings is 1. The van der Waals surface area contributed by atoms with E-state index in [-0.39, 0.29) is 16.3 Å². The van der Waals surface area contributed by atoms with E-state index in [1.807, 2.05) is 0 Å². The number of nitrogens with zero attached hydrogens (tertiary/aromatic N) is 4. The zero-order chi connectivity index (χ0) is 25.9. The van der Waals surface area contributed by atoms with E-state index >= 15 is 0 Å². The lowest BCUT2D eigenvalue weighted by molar-refractivity contribution is -0.137. The number of amides is 2. The van der Waals surface area contributed by atoms with Gasteiger partial charge in [-0.15, -0.1) is 11.3 Å². The highest BCUT2D eigenvalue weighted by molar-refractivity contribution is 7.13. The van der Waals surface area contributed by atoms with Crippen LogP contribution in [0.25, 0.3) is 11.3 Å². The molecule has 1 aromatic carbocycles. The van der Waals surface area contributed by atoms with Gasteiger partial charge in [-0.1, -0.05) is 11.6 Å². The predicted octanol–water partition coefficient (Wildman–Crippen LogP) is 5.41. The molecule has 0 aliphatic heterocycles. The number of rotatable bonds is 6. The maximum atomic E-state index is 12.9. The van der Waals surface area contributed by atoms with Crippen LogP contribution in [0, 0.1) is 0 Å². The van der Waals surface area contributed by atoms with E-state index in [9.17, 15) is 22.8 Å². The number of aromatic nitrogens is 4. The maximum absolute atomic E-state index is 12.9. The summed E-state index contributed by atoms with van der Waals surface area (Å²) in [6.45, 7) is 1.69. The Morgan fingerprint density at radius 1 is 1.03 bits per heavy atom. The molecule has 13 heteroatoms. The van der Waals surface area contributed by atoms with Crippen molar-refractivity contribution < 1.29 is 22.8 Å². The van der Waals surface area contributed by atoms with E-state index in [1.165, 1.54) is 12.5 Å². The quantitative estimate of drug-likeness (QED) is 0.343. The summed E-state index contributed by atoms with van der Waals surface area (Å²) in [5.41, 5.74) is 0.588. The molecule has 0 aliphatic carbocycles. The first-order valence-corrected chi connectivity index (χ1v) is 11.5. The van der Waals surface area contributed by atoms with E-state index < -0.39 is 34.6 Å². The summed E-state index contributed by atoms with van der Waals surface area (Å²) < 4.78 is 38.6. The summed E-state index contributed by atoms with van der Waals surface area (Å²) in [5, 5.41) is 5.18. The Morgan fingerprint density at radius 3 is 2.47 bits per heavy atom. The lowest BCUT2D eigenvalue weighted by Gasteiger charge is -2.11. The van der Waals surface area contributed by atoms with E-state index in [4.69, 9.17) is 11.6 Å². The molecule has 0 radical (unpaired) electrons. The summed E-state index contributed by atoms with van der Waals surface area (Å²) in [6, 6.07) is 7.44. The monoisotopic (exact) mass is 532 g/mol. The van der Waals surface area contributed by atoms with Crippen LogP contribution in [0.5, 0.6) is 0 Å². The number of alkyl halides is 3. The first-order chi connectivity index (χ1) is 17.1. The second-order valence-electron chi connectivity index (χ2n) is 7.43. The number of halogens is 4. The summed E-state index contributed by atoms with van der Waals surface area (Å²) >= 11 is 6.73. The van der Waals surface area contributed by atoms with E-state index in [0.29, 0.717) is 10.7 Å². The SMILES string of the molecule is CC(NC(=O)c1cc(-c2ccncc2)ncn1)c1ncc(C(=O)Nc2ccc(C(F)(F)F)c(Cl)c2)s1. The number of hydrogen-bond donors (Lipinski definition) is 2. The standard InChI is InChI=1S/C23H16ClF3N6O2S/c1-12(32-20(34)18-9-17(30-11-31-18)13-4-6-28-7-5-13)22-29-10-19(36-22)21(35)33-14-2-3-15(16(24)8-14)23(25,26)27/h2-12H,1H3,(H,32,34)(H,33,35). The number of carbonyl (C=O) groups is 2. The minimum atomic E-state index is -4.60. The largest absolute Gasteiger partial charge is 0.417 e. The molecule has 3 heterocycles. The predicted molar refractivity (Wildman–Crippen MR) is 128 cm³/mol. The molecule has 36 heavy (non-hydrogen) atoms. The van der Waals surface area contributed by atoms with Gasteiger partial charge in [-0.05, 0) is 43.3 Å². The van der Waals surface area contributed by atoms with Gasteiger partial charge in [-0.3, -0.25) is 14.6 Å². The smallest absolute Gasteiger partial charge is 0.342 e. The van der Waals surface area contributed by atoms with Crippen molar-refractivity contribution in [2.45, 2.75) is 19.1 Å². The van der Waals surface area contributed by atoms with Crippen LogP contribution in [0.2, 0.25) is 5.02 Å². The van der Waals surface area contributed by atoms with E-state index in [2.05, 4.69) is 30.6 Å². The third-order valence-corrected chi connectivity index (χ3v) is 6.37. The molecular weight excluding hydrogens is 517 g/mol. The molecule has 0 saturated heterocycles. The zero-order valence-electron chi connectivity index (χ0n) is 18.4. The fourth-order valence-electron chi connectivity index (χ4n) is 3.10. The Hall–Kier alpha value is -3.90. The molecule has 184 valence electrons. The summed E-state index contributed by atoms with van der Waals surface area (Å²) in [6.07, 6.45) is 1.23. The lowest BCUT2D eigenvalue weighted by atomic mass is 10.1. The minimum Gasteiger partial charge on any atom is -0.342 e. The molecule has 8 nitrogen and oxygen atoms in total. The van der Waals surface area contributed by atoms with Crippen LogP contribution in [0.3, 0.4) is 0 Å². The van der Waals surface area contributed by atoms with E-state index in [0.717, 1.165) is 35.1 Å². The van der Waals surface area contributed by atoms with Gasteiger partial charge in [0.25, 0.3) is 11.8 Å². The second kappa shape index (κ2) is 10.4. The average Bonchev–Trinajstić information content (AvgIpc) is 3.35. The van der Waals surface area contributed by atoms with Crippen LogP contribution in [0.15, 0.2) is 61.3 Å². The topological polar surface area (TPSA) is 110 Å². The highest BCUT2D eigenvalue weighted by Crippen LogP contribution is 2.36. The fourth-order valence-corrected chi connectivity index (χ4v) is 4.21. The van der Waals surface area contributed by atoms with Crippen molar-refractivity contribution in [3.05, 3.63) is 87.5 Å². The van der Waals surface area contributed by atoms with Crippen molar-refractivity contribution in [1.29, 1.82) is 0 Å². The van der Waals surface area contributed by atoms with Crippen LogP contribution in [-0.4, -0.2) is 31.8 Å².